The average molecular weight is 228 g/mol. The van der Waals surface area contributed by atoms with Gasteiger partial charge >= 0.3 is 0 Å². The fraction of sp³-hybridized carbons (Fsp3) is 0.500. The Morgan fingerprint density at radius 3 is 2.67 bits per heavy atom. The number of rotatable bonds is 7. The predicted octanol–water partition coefficient (Wildman–Crippen LogP) is 3.20. The highest BCUT2D eigenvalue weighted by atomic mass is 35.5. The molecule has 0 spiro atoms. The van der Waals surface area contributed by atoms with E-state index in [1.165, 1.54) is 24.8 Å². The third kappa shape index (κ3) is 7.09. The maximum Gasteiger partial charge on any atom is 0.119 e. The fourth-order valence-electron chi connectivity index (χ4n) is 1.46. The number of halogens is 1. The van der Waals surface area contributed by atoms with E-state index in [0.717, 1.165) is 19.1 Å². The Morgan fingerprint density at radius 2 is 2.00 bits per heavy atom. The molecule has 0 aromatic carbocycles. The van der Waals surface area contributed by atoms with Crippen LogP contribution in [0.2, 0.25) is 0 Å². The van der Waals surface area contributed by atoms with Gasteiger partial charge in [0.25, 0.3) is 0 Å². The van der Waals surface area contributed by atoms with Gasteiger partial charge in [-0.3, -0.25) is 4.98 Å². The van der Waals surface area contributed by atoms with E-state index in [4.69, 9.17) is 0 Å². The van der Waals surface area contributed by atoms with E-state index >= 15 is 0 Å². The Hall–Kier alpha value is -0.890. The Kier molecular flexibility index (Phi) is 9.08. The number of aryl methyl sites for hydroxylation is 1. The SMILES string of the molecule is Cl.O=CCCCCCCc1cccnc1. The van der Waals surface area contributed by atoms with Crippen LogP contribution in [-0.4, -0.2) is 11.3 Å². The molecule has 0 fully saturated rings. The lowest BCUT2D eigenvalue weighted by atomic mass is 10.1. The number of aromatic nitrogens is 1. The van der Waals surface area contributed by atoms with Gasteiger partial charge in [0.05, 0.1) is 0 Å². The molecule has 3 heteroatoms. The van der Waals surface area contributed by atoms with Crippen LogP contribution >= 0.6 is 12.4 Å². The van der Waals surface area contributed by atoms with Gasteiger partial charge in [0, 0.05) is 18.8 Å². The molecule has 0 unspecified atom stereocenters. The molecule has 0 radical (unpaired) electrons. The van der Waals surface area contributed by atoms with Crippen molar-refractivity contribution in [3.05, 3.63) is 30.1 Å². The van der Waals surface area contributed by atoms with Gasteiger partial charge in [0.2, 0.25) is 0 Å². The van der Waals surface area contributed by atoms with Crippen LogP contribution in [0.5, 0.6) is 0 Å². The highest BCUT2D eigenvalue weighted by molar-refractivity contribution is 5.85. The second-order valence-corrected chi connectivity index (χ2v) is 3.48. The number of nitrogens with zero attached hydrogens (tertiary/aromatic N) is 1. The maximum absolute atomic E-state index is 10.1. The summed E-state index contributed by atoms with van der Waals surface area (Å²) in [6, 6.07) is 4.08. The number of hydrogen-bond donors (Lipinski definition) is 0. The van der Waals surface area contributed by atoms with Crippen molar-refractivity contribution >= 4 is 18.7 Å². The monoisotopic (exact) mass is 227 g/mol. The number of pyridine rings is 1. The van der Waals surface area contributed by atoms with Crippen LogP contribution < -0.4 is 0 Å². The first-order chi connectivity index (χ1) is 6.93. The smallest absolute Gasteiger partial charge is 0.119 e. The summed E-state index contributed by atoms with van der Waals surface area (Å²) in [6.45, 7) is 0. The van der Waals surface area contributed by atoms with Crippen LogP contribution in [-0.2, 0) is 11.2 Å². The second-order valence-electron chi connectivity index (χ2n) is 3.48. The molecule has 0 aliphatic carbocycles. The third-order valence-corrected chi connectivity index (χ3v) is 2.26. The number of unbranched alkanes of at least 4 members (excludes halogenated alkanes) is 4. The molecule has 0 aliphatic rings. The van der Waals surface area contributed by atoms with Crippen molar-refractivity contribution in [2.24, 2.45) is 0 Å². The first-order valence-electron chi connectivity index (χ1n) is 5.26. The largest absolute Gasteiger partial charge is 0.303 e. The van der Waals surface area contributed by atoms with Crippen LogP contribution in [0.4, 0.5) is 0 Å². The molecule has 0 amide bonds. The minimum Gasteiger partial charge on any atom is -0.303 e. The van der Waals surface area contributed by atoms with Gasteiger partial charge in [0.1, 0.15) is 6.29 Å². The first kappa shape index (κ1) is 14.1. The molecule has 1 aromatic heterocycles. The van der Waals surface area contributed by atoms with Crippen molar-refractivity contribution < 1.29 is 4.79 Å². The molecule has 1 heterocycles. The van der Waals surface area contributed by atoms with Gasteiger partial charge in [-0.1, -0.05) is 18.9 Å². The number of carbonyl (C=O) groups is 1. The Balaban J connectivity index is 0.00000196. The normalized spacial score (nSPS) is 9.33. The summed E-state index contributed by atoms with van der Waals surface area (Å²) in [6.07, 6.45) is 11.2. The van der Waals surface area contributed by atoms with Crippen molar-refractivity contribution in [2.45, 2.75) is 38.5 Å². The lowest BCUT2D eigenvalue weighted by Crippen LogP contribution is -1.87. The standard InChI is InChI=1S/C12H17NO.ClH/c14-10-5-3-1-2-4-7-12-8-6-9-13-11-12;/h6,8-11H,1-5,7H2;1H. The van der Waals surface area contributed by atoms with Crippen molar-refractivity contribution in [2.75, 3.05) is 0 Å². The van der Waals surface area contributed by atoms with E-state index in [2.05, 4.69) is 11.1 Å². The second kappa shape index (κ2) is 9.66. The van der Waals surface area contributed by atoms with Gasteiger partial charge in [-0.05, 0) is 30.9 Å². The van der Waals surface area contributed by atoms with E-state index in [-0.39, 0.29) is 12.4 Å². The van der Waals surface area contributed by atoms with Gasteiger partial charge in [-0.15, -0.1) is 12.4 Å². The highest BCUT2D eigenvalue weighted by Gasteiger charge is 1.93. The lowest BCUT2D eigenvalue weighted by molar-refractivity contribution is -0.107. The average Bonchev–Trinajstić information content (AvgIpc) is 2.25. The van der Waals surface area contributed by atoms with Gasteiger partial charge < -0.3 is 4.79 Å². The lowest BCUT2D eigenvalue weighted by Gasteiger charge is -1.99. The summed E-state index contributed by atoms with van der Waals surface area (Å²) < 4.78 is 0. The summed E-state index contributed by atoms with van der Waals surface area (Å²) >= 11 is 0. The van der Waals surface area contributed by atoms with E-state index < -0.39 is 0 Å². The van der Waals surface area contributed by atoms with Crippen molar-refractivity contribution in [3.8, 4) is 0 Å². The van der Waals surface area contributed by atoms with Crippen molar-refractivity contribution in [3.63, 3.8) is 0 Å². The van der Waals surface area contributed by atoms with Gasteiger partial charge in [-0.2, -0.15) is 0 Å². The van der Waals surface area contributed by atoms with Crippen LogP contribution in [0.3, 0.4) is 0 Å². The predicted molar refractivity (Wildman–Crippen MR) is 64.3 cm³/mol. The molecule has 84 valence electrons. The number of carbonyl (C=O) groups excluding carboxylic acids is 1. The molecule has 0 saturated heterocycles. The molecule has 2 nitrogen and oxygen atoms in total. The quantitative estimate of drug-likeness (QED) is 0.529. The molecule has 0 saturated carbocycles. The molecular weight excluding hydrogens is 210 g/mol. The first-order valence-corrected chi connectivity index (χ1v) is 5.26. The molecular formula is C12H18ClNO. The molecule has 0 N–H and O–H groups in total. The van der Waals surface area contributed by atoms with E-state index in [0.29, 0.717) is 6.42 Å². The zero-order chi connectivity index (χ0) is 10.1. The van der Waals surface area contributed by atoms with Gasteiger partial charge in [-0.25, -0.2) is 0 Å². The van der Waals surface area contributed by atoms with Crippen LogP contribution in [0.25, 0.3) is 0 Å². The Bertz CT molecular complexity index is 251. The molecule has 0 bridgehead atoms. The summed E-state index contributed by atoms with van der Waals surface area (Å²) in [5.41, 5.74) is 1.31. The number of aldehydes is 1. The maximum atomic E-state index is 10.1. The minimum atomic E-state index is 0. The number of hydrogen-bond acceptors (Lipinski definition) is 2. The van der Waals surface area contributed by atoms with Crippen LogP contribution in [0, 0.1) is 0 Å². The Morgan fingerprint density at radius 1 is 1.20 bits per heavy atom. The third-order valence-electron chi connectivity index (χ3n) is 2.26. The van der Waals surface area contributed by atoms with Crippen molar-refractivity contribution in [1.29, 1.82) is 0 Å². The zero-order valence-corrected chi connectivity index (χ0v) is 9.71. The van der Waals surface area contributed by atoms with Gasteiger partial charge in [0.15, 0.2) is 0 Å². The molecule has 15 heavy (non-hydrogen) atoms. The summed E-state index contributed by atoms with van der Waals surface area (Å²) in [5, 5.41) is 0. The van der Waals surface area contributed by atoms with E-state index in [1.54, 1.807) is 6.20 Å². The summed E-state index contributed by atoms with van der Waals surface area (Å²) in [4.78, 5) is 14.1. The summed E-state index contributed by atoms with van der Waals surface area (Å²) in [5.74, 6) is 0. The van der Waals surface area contributed by atoms with Crippen molar-refractivity contribution in [1.82, 2.24) is 4.98 Å². The molecule has 1 aromatic rings. The van der Waals surface area contributed by atoms with E-state index in [1.807, 2.05) is 12.3 Å². The van der Waals surface area contributed by atoms with E-state index in [9.17, 15) is 4.79 Å². The fourth-order valence-corrected chi connectivity index (χ4v) is 1.46. The highest BCUT2D eigenvalue weighted by Crippen LogP contribution is 2.07. The molecule has 0 aliphatic heterocycles. The Labute approximate surface area is 97.5 Å². The van der Waals surface area contributed by atoms with Crippen LogP contribution in [0.15, 0.2) is 24.5 Å². The molecule has 0 atom stereocenters. The zero-order valence-electron chi connectivity index (χ0n) is 8.89. The van der Waals surface area contributed by atoms with Crippen LogP contribution in [0.1, 0.15) is 37.7 Å². The minimum absolute atomic E-state index is 0. The summed E-state index contributed by atoms with van der Waals surface area (Å²) in [7, 11) is 0. The topological polar surface area (TPSA) is 30.0 Å². The molecule has 1 rings (SSSR count).